The van der Waals surface area contributed by atoms with E-state index in [0.29, 0.717) is 18.8 Å². The van der Waals surface area contributed by atoms with E-state index in [1.165, 1.54) is 24.3 Å². The largest absolute Gasteiger partial charge is 0.573 e. The van der Waals surface area contributed by atoms with Crippen LogP contribution in [0.15, 0.2) is 48.5 Å². The normalized spacial score (nSPS) is 15.9. The Bertz CT molecular complexity index is 802. The van der Waals surface area contributed by atoms with E-state index in [1.54, 1.807) is 12.1 Å². The van der Waals surface area contributed by atoms with Crippen molar-refractivity contribution in [2.24, 2.45) is 0 Å². The second-order valence-corrected chi connectivity index (χ2v) is 6.80. The van der Waals surface area contributed by atoms with Gasteiger partial charge >= 0.3 is 6.36 Å². The molecule has 2 aromatic carbocycles. The molecule has 1 aliphatic heterocycles. The molecule has 0 atom stereocenters. The molecule has 1 amide bonds. The van der Waals surface area contributed by atoms with E-state index >= 15 is 0 Å². The van der Waals surface area contributed by atoms with Crippen LogP contribution in [0.5, 0.6) is 5.75 Å². The Morgan fingerprint density at radius 2 is 1.52 bits per heavy atom. The molecule has 29 heavy (non-hydrogen) atoms. The molecule has 2 aromatic rings. The Balaban J connectivity index is 1.41. The summed E-state index contributed by atoms with van der Waals surface area (Å²) in [6.07, 6.45) is -4.75. The Kier molecular flexibility index (Phi) is 6.71. The summed E-state index contributed by atoms with van der Waals surface area (Å²) in [6.45, 7) is 3.93. The number of rotatable bonds is 6. The second kappa shape index (κ2) is 9.23. The molecule has 1 aliphatic rings. The third-order valence-electron chi connectivity index (χ3n) is 4.52. The fraction of sp³-hybridized carbons (Fsp3) is 0.350. The van der Waals surface area contributed by atoms with Crippen LogP contribution in [0.25, 0.3) is 0 Å². The number of nitrogens with zero attached hydrogens (tertiary/aromatic N) is 2. The van der Waals surface area contributed by atoms with Crippen molar-refractivity contribution in [2.75, 3.05) is 38.0 Å². The van der Waals surface area contributed by atoms with Gasteiger partial charge in [0.2, 0.25) is 5.91 Å². The monoisotopic (exact) mass is 411 g/mol. The van der Waals surface area contributed by atoms with E-state index < -0.39 is 6.36 Å². The molecule has 3 rings (SSSR count). The zero-order chi connectivity index (χ0) is 20.9. The smallest absolute Gasteiger partial charge is 0.406 e. The van der Waals surface area contributed by atoms with Crippen LogP contribution in [-0.2, 0) is 11.3 Å². The summed E-state index contributed by atoms with van der Waals surface area (Å²) in [5, 5.41) is 2.67. The fourth-order valence-electron chi connectivity index (χ4n) is 3.10. The first-order valence-electron chi connectivity index (χ1n) is 9.12. The zero-order valence-corrected chi connectivity index (χ0v) is 15.6. The Hall–Kier alpha value is -2.65. The number of benzene rings is 2. The van der Waals surface area contributed by atoms with Gasteiger partial charge in [0, 0.05) is 38.4 Å². The van der Waals surface area contributed by atoms with E-state index in [1.807, 2.05) is 4.90 Å². The number of nitrogens with one attached hydrogen (secondary N) is 1. The van der Waals surface area contributed by atoms with Gasteiger partial charge in [-0.1, -0.05) is 12.1 Å². The fourth-order valence-corrected chi connectivity index (χ4v) is 3.10. The van der Waals surface area contributed by atoms with Gasteiger partial charge in [0.15, 0.2) is 0 Å². The van der Waals surface area contributed by atoms with Crippen molar-refractivity contribution in [3.8, 4) is 5.75 Å². The molecule has 1 N–H and O–H groups in total. The summed E-state index contributed by atoms with van der Waals surface area (Å²) in [5.41, 5.74) is 1.44. The molecule has 0 aromatic heterocycles. The van der Waals surface area contributed by atoms with Gasteiger partial charge in [0.25, 0.3) is 0 Å². The lowest BCUT2D eigenvalue weighted by Crippen LogP contribution is -2.48. The molecule has 0 bridgehead atoms. The highest BCUT2D eigenvalue weighted by atomic mass is 19.4. The molecule has 5 nitrogen and oxygen atoms in total. The van der Waals surface area contributed by atoms with Crippen LogP contribution in [0.4, 0.5) is 23.2 Å². The number of ether oxygens (including phenoxy) is 1. The highest BCUT2D eigenvalue weighted by Gasteiger charge is 2.31. The lowest BCUT2D eigenvalue weighted by atomic mass is 10.2. The summed E-state index contributed by atoms with van der Waals surface area (Å²) in [5.74, 6) is -0.832. The number of hydrogen-bond acceptors (Lipinski definition) is 4. The van der Waals surface area contributed by atoms with Gasteiger partial charge < -0.3 is 10.1 Å². The van der Waals surface area contributed by atoms with Crippen LogP contribution in [0.2, 0.25) is 0 Å². The predicted molar refractivity (Wildman–Crippen MR) is 99.9 cm³/mol. The molecule has 0 aliphatic carbocycles. The van der Waals surface area contributed by atoms with Gasteiger partial charge in [-0.05, 0) is 42.0 Å². The minimum absolute atomic E-state index is 0.200. The van der Waals surface area contributed by atoms with Gasteiger partial charge in [-0.25, -0.2) is 4.39 Å². The number of hydrogen-bond donors (Lipinski definition) is 1. The van der Waals surface area contributed by atoms with Gasteiger partial charge in [-0.3, -0.25) is 14.6 Å². The zero-order valence-electron chi connectivity index (χ0n) is 15.6. The topological polar surface area (TPSA) is 44.8 Å². The minimum atomic E-state index is -4.75. The average Bonchev–Trinajstić information content (AvgIpc) is 2.66. The summed E-state index contributed by atoms with van der Waals surface area (Å²) in [7, 11) is 0. The third kappa shape index (κ3) is 7.03. The summed E-state index contributed by atoms with van der Waals surface area (Å²) < 4.78 is 53.3. The summed E-state index contributed by atoms with van der Waals surface area (Å²) >= 11 is 0. The maximum Gasteiger partial charge on any atom is 0.573 e. The number of amides is 1. The molecule has 156 valence electrons. The first kappa shape index (κ1) is 21.1. The lowest BCUT2D eigenvalue weighted by Gasteiger charge is -2.34. The number of piperazine rings is 1. The Morgan fingerprint density at radius 1 is 0.931 bits per heavy atom. The molecule has 9 heteroatoms. The number of carbonyl (C=O) groups is 1. The minimum Gasteiger partial charge on any atom is -0.406 e. The molecule has 0 saturated carbocycles. The maximum atomic E-state index is 13.0. The van der Waals surface area contributed by atoms with E-state index in [-0.39, 0.29) is 24.0 Å². The van der Waals surface area contributed by atoms with Crippen LogP contribution in [-0.4, -0.2) is 54.8 Å². The van der Waals surface area contributed by atoms with Crippen molar-refractivity contribution in [1.82, 2.24) is 9.80 Å². The number of carbonyl (C=O) groups excluding carboxylic acids is 1. The van der Waals surface area contributed by atoms with E-state index in [4.69, 9.17) is 0 Å². The van der Waals surface area contributed by atoms with Crippen LogP contribution < -0.4 is 10.1 Å². The van der Waals surface area contributed by atoms with Crippen molar-refractivity contribution in [3.05, 3.63) is 59.9 Å². The number of halogens is 4. The Morgan fingerprint density at radius 3 is 2.10 bits per heavy atom. The number of alkyl halides is 3. The van der Waals surface area contributed by atoms with Crippen LogP contribution in [0, 0.1) is 5.82 Å². The second-order valence-electron chi connectivity index (χ2n) is 6.80. The summed E-state index contributed by atoms with van der Waals surface area (Å²) in [6, 6.07) is 11.4. The predicted octanol–water partition coefficient (Wildman–Crippen LogP) is 3.48. The lowest BCUT2D eigenvalue weighted by molar-refractivity contribution is -0.274. The van der Waals surface area contributed by atoms with Crippen molar-refractivity contribution in [3.63, 3.8) is 0 Å². The van der Waals surface area contributed by atoms with Crippen LogP contribution >= 0.6 is 0 Å². The van der Waals surface area contributed by atoms with Gasteiger partial charge in [-0.15, -0.1) is 13.2 Å². The molecule has 1 saturated heterocycles. The van der Waals surface area contributed by atoms with Gasteiger partial charge in [-0.2, -0.15) is 0 Å². The Labute approximate surface area is 165 Å². The maximum absolute atomic E-state index is 13.0. The highest BCUT2D eigenvalue weighted by Crippen LogP contribution is 2.24. The molecule has 0 radical (unpaired) electrons. The van der Waals surface area contributed by atoms with Gasteiger partial charge in [0.1, 0.15) is 11.6 Å². The average molecular weight is 411 g/mol. The molecule has 1 fully saturated rings. The standard InChI is InChI=1S/C20H21F4N3O2/c21-16-3-1-15(2-4-16)13-26-9-11-27(12-10-26)14-19(28)25-17-5-7-18(8-6-17)29-20(22,23)24/h1-8H,9-14H2,(H,25,28). The molecule has 0 spiro atoms. The van der Waals surface area contributed by atoms with Gasteiger partial charge in [0.05, 0.1) is 6.54 Å². The molecule has 1 heterocycles. The van der Waals surface area contributed by atoms with E-state index in [2.05, 4.69) is 15.0 Å². The van der Waals surface area contributed by atoms with Crippen molar-refractivity contribution >= 4 is 11.6 Å². The van der Waals surface area contributed by atoms with Crippen molar-refractivity contribution in [2.45, 2.75) is 12.9 Å². The van der Waals surface area contributed by atoms with E-state index in [9.17, 15) is 22.4 Å². The van der Waals surface area contributed by atoms with Crippen molar-refractivity contribution in [1.29, 1.82) is 0 Å². The third-order valence-corrected chi connectivity index (χ3v) is 4.52. The van der Waals surface area contributed by atoms with Crippen LogP contribution in [0.3, 0.4) is 0 Å². The van der Waals surface area contributed by atoms with E-state index in [0.717, 1.165) is 37.3 Å². The SMILES string of the molecule is O=C(CN1CCN(Cc2ccc(F)cc2)CC1)Nc1ccc(OC(F)(F)F)cc1. The molecular formula is C20H21F4N3O2. The quantitative estimate of drug-likeness (QED) is 0.740. The van der Waals surface area contributed by atoms with Crippen molar-refractivity contribution < 1.29 is 27.1 Å². The first-order chi connectivity index (χ1) is 13.8. The number of anilines is 1. The molecular weight excluding hydrogens is 390 g/mol. The summed E-state index contributed by atoms with van der Waals surface area (Å²) in [4.78, 5) is 16.4. The van der Waals surface area contributed by atoms with Crippen LogP contribution in [0.1, 0.15) is 5.56 Å². The highest BCUT2D eigenvalue weighted by molar-refractivity contribution is 5.92. The first-order valence-corrected chi connectivity index (χ1v) is 9.12. The molecule has 0 unspecified atom stereocenters.